The molecule has 0 fully saturated rings. The first-order chi connectivity index (χ1) is 10.0. The number of anilines is 1. The molecule has 0 aliphatic carbocycles. The Kier molecular flexibility index (Phi) is 3.99. The van der Waals surface area contributed by atoms with E-state index in [0.717, 1.165) is 11.1 Å². The summed E-state index contributed by atoms with van der Waals surface area (Å²) in [6, 6.07) is 10.5. The van der Waals surface area contributed by atoms with Gasteiger partial charge in [-0.25, -0.2) is 4.39 Å². The van der Waals surface area contributed by atoms with E-state index >= 15 is 0 Å². The van der Waals surface area contributed by atoms with Gasteiger partial charge < -0.3 is 10.1 Å². The molecule has 6 heteroatoms. The molecule has 1 heterocycles. The first-order valence-corrected chi connectivity index (χ1v) is 7.91. The van der Waals surface area contributed by atoms with E-state index < -0.39 is 0 Å². The van der Waals surface area contributed by atoms with Crippen molar-refractivity contribution in [2.75, 3.05) is 11.9 Å². The van der Waals surface area contributed by atoms with Crippen LogP contribution < -0.4 is 10.1 Å². The van der Waals surface area contributed by atoms with E-state index in [1.54, 1.807) is 12.1 Å². The van der Waals surface area contributed by atoms with Gasteiger partial charge >= 0.3 is 0 Å². The summed E-state index contributed by atoms with van der Waals surface area (Å²) in [6.45, 7) is 0.0298. The summed E-state index contributed by atoms with van der Waals surface area (Å²) in [5.41, 5.74) is 2.32. The van der Waals surface area contributed by atoms with Gasteiger partial charge in [-0.15, -0.1) is 0 Å². The molecule has 1 atom stereocenters. The van der Waals surface area contributed by atoms with E-state index in [0.29, 0.717) is 15.9 Å². The fraction of sp³-hybridized carbons (Fsp3) is 0.133. The van der Waals surface area contributed by atoms with E-state index in [-0.39, 0.29) is 23.2 Å². The first kappa shape index (κ1) is 14.5. The number of carbonyl (C=O) groups is 1. The number of nitrogens with one attached hydrogen (secondary N) is 1. The SMILES string of the molecule is O=C1COc2ccc(C(Br)c3ccc(Br)c(F)c3)cc2N1. The van der Waals surface area contributed by atoms with E-state index in [2.05, 4.69) is 37.2 Å². The van der Waals surface area contributed by atoms with Crippen LogP contribution in [0.15, 0.2) is 40.9 Å². The Morgan fingerprint density at radius 1 is 1.19 bits per heavy atom. The standard InChI is InChI=1S/C15H10Br2FNO2/c16-10-3-1-8(5-11(10)18)15(17)9-2-4-13-12(6-9)19-14(20)7-21-13/h1-6,15H,7H2,(H,19,20). The fourth-order valence-corrected chi connectivity index (χ4v) is 2.94. The first-order valence-electron chi connectivity index (χ1n) is 6.20. The van der Waals surface area contributed by atoms with Gasteiger partial charge in [-0.2, -0.15) is 0 Å². The Hall–Kier alpha value is -1.40. The second kappa shape index (κ2) is 5.77. The zero-order valence-corrected chi connectivity index (χ0v) is 13.9. The van der Waals surface area contributed by atoms with Crippen LogP contribution in [0.5, 0.6) is 5.75 Å². The molecule has 108 valence electrons. The molecule has 1 unspecified atom stereocenters. The number of carbonyl (C=O) groups excluding carboxylic acids is 1. The Morgan fingerprint density at radius 3 is 2.67 bits per heavy atom. The van der Waals surface area contributed by atoms with Crippen LogP contribution in [-0.4, -0.2) is 12.5 Å². The van der Waals surface area contributed by atoms with Crippen LogP contribution in [0.25, 0.3) is 0 Å². The third kappa shape index (κ3) is 2.96. The number of rotatable bonds is 2. The van der Waals surface area contributed by atoms with Gasteiger partial charge in [-0.1, -0.05) is 28.1 Å². The van der Waals surface area contributed by atoms with Crippen molar-refractivity contribution in [1.82, 2.24) is 0 Å². The summed E-state index contributed by atoms with van der Waals surface area (Å²) in [5.74, 6) is 0.145. The highest BCUT2D eigenvalue weighted by Gasteiger charge is 2.19. The maximum Gasteiger partial charge on any atom is 0.262 e. The van der Waals surface area contributed by atoms with Crippen molar-refractivity contribution in [2.45, 2.75) is 4.83 Å². The molecule has 2 aromatic rings. The second-order valence-electron chi connectivity index (χ2n) is 4.63. The van der Waals surface area contributed by atoms with Crippen molar-refractivity contribution < 1.29 is 13.9 Å². The monoisotopic (exact) mass is 413 g/mol. The molecule has 0 bridgehead atoms. The molecule has 0 saturated heterocycles. The van der Waals surface area contributed by atoms with Gasteiger partial charge in [0.15, 0.2) is 6.61 Å². The van der Waals surface area contributed by atoms with E-state index in [1.165, 1.54) is 6.07 Å². The van der Waals surface area contributed by atoms with Crippen molar-refractivity contribution in [2.24, 2.45) is 0 Å². The van der Waals surface area contributed by atoms with Crippen LogP contribution in [0.1, 0.15) is 16.0 Å². The second-order valence-corrected chi connectivity index (χ2v) is 6.40. The Labute approximate surface area is 137 Å². The number of hydrogen-bond donors (Lipinski definition) is 1. The molecule has 1 amide bonds. The Bertz CT molecular complexity index is 721. The van der Waals surface area contributed by atoms with Gasteiger partial charge in [0.2, 0.25) is 0 Å². The summed E-state index contributed by atoms with van der Waals surface area (Å²) >= 11 is 6.70. The zero-order valence-electron chi connectivity index (χ0n) is 10.7. The van der Waals surface area contributed by atoms with Gasteiger partial charge in [0.05, 0.1) is 15.0 Å². The smallest absolute Gasteiger partial charge is 0.262 e. The molecule has 3 rings (SSSR count). The number of halogens is 3. The number of amides is 1. The molecule has 2 aromatic carbocycles. The summed E-state index contributed by atoms with van der Waals surface area (Å²) in [4.78, 5) is 11.2. The normalized spacial score (nSPS) is 14.9. The van der Waals surface area contributed by atoms with Crippen LogP contribution in [0.2, 0.25) is 0 Å². The predicted octanol–water partition coefficient (Wildman–Crippen LogP) is 4.40. The molecule has 3 nitrogen and oxygen atoms in total. The van der Waals surface area contributed by atoms with Crippen molar-refractivity contribution in [3.63, 3.8) is 0 Å². The van der Waals surface area contributed by atoms with Gasteiger partial charge in [0, 0.05) is 0 Å². The molecule has 1 N–H and O–H groups in total. The maximum atomic E-state index is 13.6. The minimum atomic E-state index is -0.313. The predicted molar refractivity (Wildman–Crippen MR) is 85.4 cm³/mol. The van der Waals surface area contributed by atoms with E-state index in [1.807, 2.05) is 18.2 Å². The number of alkyl halides is 1. The highest BCUT2D eigenvalue weighted by atomic mass is 79.9. The number of benzene rings is 2. The summed E-state index contributed by atoms with van der Waals surface area (Å²) < 4.78 is 19.4. The number of ether oxygens (including phenoxy) is 1. The molecule has 0 spiro atoms. The quantitative estimate of drug-likeness (QED) is 0.739. The van der Waals surface area contributed by atoms with Gasteiger partial charge in [-0.05, 0) is 51.3 Å². The van der Waals surface area contributed by atoms with Crippen LogP contribution in [0, 0.1) is 5.82 Å². The van der Waals surface area contributed by atoms with Crippen molar-refractivity contribution in [3.05, 3.63) is 57.8 Å². The summed E-state index contributed by atoms with van der Waals surface area (Å²) in [7, 11) is 0. The lowest BCUT2D eigenvalue weighted by molar-refractivity contribution is -0.118. The molecule has 0 saturated carbocycles. The summed E-state index contributed by atoms with van der Waals surface area (Å²) in [5, 5.41) is 2.76. The highest BCUT2D eigenvalue weighted by Crippen LogP contribution is 2.37. The van der Waals surface area contributed by atoms with Crippen molar-refractivity contribution in [3.8, 4) is 5.75 Å². The van der Waals surface area contributed by atoms with Crippen LogP contribution >= 0.6 is 31.9 Å². The Balaban J connectivity index is 1.94. The molecule has 1 aliphatic heterocycles. The third-order valence-corrected chi connectivity index (χ3v) is 4.87. The van der Waals surface area contributed by atoms with Crippen LogP contribution in [0.3, 0.4) is 0 Å². The van der Waals surface area contributed by atoms with E-state index in [9.17, 15) is 9.18 Å². The molecule has 21 heavy (non-hydrogen) atoms. The minimum absolute atomic E-state index is 0.0298. The molecular weight excluding hydrogens is 405 g/mol. The van der Waals surface area contributed by atoms with Gasteiger partial charge in [0.1, 0.15) is 11.6 Å². The van der Waals surface area contributed by atoms with Crippen LogP contribution in [-0.2, 0) is 4.79 Å². The molecule has 0 aromatic heterocycles. The Morgan fingerprint density at radius 2 is 1.90 bits per heavy atom. The zero-order chi connectivity index (χ0) is 15.0. The maximum absolute atomic E-state index is 13.6. The van der Waals surface area contributed by atoms with Gasteiger partial charge in [-0.3, -0.25) is 4.79 Å². The van der Waals surface area contributed by atoms with Crippen LogP contribution in [0.4, 0.5) is 10.1 Å². The largest absolute Gasteiger partial charge is 0.482 e. The number of fused-ring (bicyclic) bond motifs is 1. The van der Waals surface area contributed by atoms with Crippen molar-refractivity contribution >= 4 is 43.5 Å². The summed E-state index contributed by atoms with van der Waals surface area (Å²) in [6.07, 6.45) is 0. The molecule has 1 aliphatic rings. The lowest BCUT2D eigenvalue weighted by Gasteiger charge is -2.20. The lowest BCUT2D eigenvalue weighted by Crippen LogP contribution is -2.25. The number of hydrogen-bond acceptors (Lipinski definition) is 2. The van der Waals surface area contributed by atoms with Gasteiger partial charge in [0.25, 0.3) is 5.91 Å². The topological polar surface area (TPSA) is 38.3 Å². The fourth-order valence-electron chi connectivity index (χ4n) is 2.12. The molecule has 0 radical (unpaired) electrons. The van der Waals surface area contributed by atoms with E-state index in [4.69, 9.17) is 4.74 Å². The highest BCUT2D eigenvalue weighted by molar-refractivity contribution is 9.10. The van der Waals surface area contributed by atoms with Crippen molar-refractivity contribution in [1.29, 1.82) is 0 Å². The lowest BCUT2D eigenvalue weighted by atomic mass is 10.0. The molecular formula is C15H10Br2FNO2. The average molecular weight is 415 g/mol. The third-order valence-electron chi connectivity index (χ3n) is 3.17. The average Bonchev–Trinajstić information content (AvgIpc) is 2.48. The minimum Gasteiger partial charge on any atom is -0.482 e.